The quantitative estimate of drug-likeness (QED) is 0.700. The van der Waals surface area contributed by atoms with Crippen LogP contribution in [0.25, 0.3) is 11.3 Å². The highest BCUT2D eigenvalue weighted by atomic mass is 32.2. The molecule has 0 amide bonds. The molecule has 1 N–H and O–H groups in total. The predicted molar refractivity (Wildman–Crippen MR) is 103 cm³/mol. The predicted octanol–water partition coefficient (Wildman–Crippen LogP) is 3.27. The van der Waals surface area contributed by atoms with Gasteiger partial charge >= 0.3 is 0 Å². The van der Waals surface area contributed by atoms with E-state index in [1.54, 1.807) is 31.5 Å². The van der Waals surface area contributed by atoms with Crippen molar-refractivity contribution in [3.05, 3.63) is 60.4 Å². The minimum atomic E-state index is -3.83. The number of anilines is 1. The first-order valence-electron chi connectivity index (χ1n) is 8.07. The Morgan fingerprint density at radius 2 is 1.56 bits per heavy atom. The molecule has 0 bridgehead atoms. The first-order valence-corrected chi connectivity index (χ1v) is 9.55. The number of aryl methyl sites for hydroxylation is 1. The van der Waals surface area contributed by atoms with Crippen LogP contribution < -0.4 is 14.2 Å². The van der Waals surface area contributed by atoms with Crippen molar-refractivity contribution >= 4 is 15.7 Å². The number of hydrogen-bond donors (Lipinski definition) is 1. The minimum Gasteiger partial charge on any atom is -0.495 e. The Morgan fingerprint density at radius 3 is 2.11 bits per heavy atom. The molecule has 0 aliphatic rings. The molecular weight excluding hydrogens is 366 g/mol. The first-order chi connectivity index (χ1) is 12.9. The van der Waals surface area contributed by atoms with E-state index in [-0.39, 0.29) is 5.03 Å². The van der Waals surface area contributed by atoms with E-state index in [0.717, 1.165) is 11.1 Å². The maximum Gasteiger partial charge on any atom is 0.279 e. The molecule has 1 aromatic carbocycles. The molecule has 27 heavy (non-hydrogen) atoms. The Balaban J connectivity index is 1.91. The molecule has 0 aliphatic carbocycles. The highest BCUT2D eigenvalue weighted by molar-refractivity contribution is 7.92. The number of ether oxygens (including phenoxy) is 2. The average Bonchev–Trinajstić information content (AvgIpc) is 2.69. The van der Waals surface area contributed by atoms with E-state index in [1.165, 1.54) is 19.4 Å². The number of nitrogens with one attached hydrogen (secondary N) is 1. The molecule has 0 spiro atoms. The number of methoxy groups -OCH3 is 2. The fourth-order valence-electron chi connectivity index (χ4n) is 2.41. The van der Waals surface area contributed by atoms with E-state index < -0.39 is 10.0 Å². The lowest BCUT2D eigenvalue weighted by Crippen LogP contribution is -2.15. The van der Waals surface area contributed by atoms with Crippen LogP contribution in [0, 0.1) is 6.92 Å². The lowest BCUT2D eigenvalue weighted by atomic mass is 10.1. The van der Waals surface area contributed by atoms with Crippen molar-refractivity contribution in [2.24, 2.45) is 0 Å². The summed E-state index contributed by atoms with van der Waals surface area (Å²) in [7, 11) is -0.764. The van der Waals surface area contributed by atoms with Gasteiger partial charge < -0.3 is 9.47 Å². The van der Waals surface area contributed by atoms with Crippen molar-refractivity contribution in [3.63, 3.8) is 0 Å². The van der Waals surface area contributed by atoms with Crippen molar-refractivity contribution in [2.75, 3.05) is 18.9 Å². The van der Waals surface area contributed by atoms with Crippen molar-refractivity contribution in [3.8, 4) is 22.8 Å². The largest absolute Gasteiger partial charge is 0.495 e. The van der Waals surface area contributed by atoms with Crippen LogP contribution in [0.5, 0.6) is 11.5 Å². The van der Waals surface area contributed by atoms with E-state index >= 15 is 0 Å². The summed E-state index contributed by atoms with van der Waals surface area (Å²) >= 11 is 0. The van der Waals surface area contributed by atoms with Gasteiger partial charge in [-0.05, 0) is 42.8 Å². The van der Waals surface area contributed by atoms with E-state index in [4.69, 9.17) is 9.47 Å². The smallest absolute Gasteiger partial charge is 0.279 e. The number of pyridine rings is 2. The zero-order valence-electron chi connectivity index (χ0n) is 15.1. The van der Waals surface area contributed by atoms with Gasteiger partial charge in [0, 0.05) is 5.56 Å². The summed E-state index contributed by atoms with van der Waals surface area (Å²) in [6, 6.07) is 12.0. The molecule has 7 nitrogen and oxygen atoms in total. The summed E-state index contributed by atoms with van der Waals surface area (Å²) in [6.07, 6.45) is 2.97. The van der Waals surface area contributed by atoms with Crippen LogP contribution in [0.15, 0.2) is 59.9 Å². The van der Waals surface area contributed by atoms with E-state index in [9.17, 15) is 8.42 Å². The molecule has 2 heterocycles. The van der Waals surface area contributed by atoms with Crippen molar-refractivity contribution in [2.45, 2.75) is 11.9 Å². The number of hydrogen-bond acceptors (Lipinski definition) is 6. The summed E-state index contributed by atoms with van der Waals surface area (Å²) < 4.78 is 38.0. The van der Waals surface area contributed by atoms with Gasteiger partial charge in [-0.15, -0.1) is 0 Å². The summed E-state index contributed by atoms with van der Waals surface area (Å²) in [6.45, 7) is 1.82. The highest BCUT2D eigenvalue weighted by Crippen LogP contribution is 2.27. The topological polar surface area (TPSA) is 90.4 Å². The third-order valence-corrected chi connectivity index (χ3v) is 5.25. The third-order valence-electron chi connectivity index (χ3n) is 3.97. The van der Waals surface area contributed by atoms with Crippen LogP contribution in [0.2, 0.25) is 0 Å². The lowest BCUT2D eigenvalue weighted by Gasteiger charge is -2.12. The van der Waals surface area contributed by atoms with Gasteiger partial charge in [-0.1, -0.05) is 12.1 Å². The number of sulfonamides is 1. The Bertz CT molecular complexity index is 1030. The van der Waals surface area contributed by atoms with Crippen LogP contribution in [0.4, 0.5) is 5.69 Å². The van der Waals surface area contributed by atoms with E-state index in [2.05, 4.69) is 14.7 Å². The highest BCUT2D eigenvalue weighted by Gasteiger charge is 2.17. The van der Waals surface area contributed by atoms with Crippen molar-refractivity contribution in [1.29, 1.82) is 0 Å². The molecule has 0 saturated carbocycles. The standard InChI is InChI=1S/C19H19N3O4S/c1-13-4-5-14(17-8-6-15(25-2)11-20-17)10-18(13)22-27(23,24)19-9-7-16(26-3)12-21-19/h4-12,22H,1-3H3. The summed E-state index contributed by atoms with van der Waals surface area (Å²) in [5, 5.41) is -0.0873. The van der Waals surface area contributed by atoms with Gasteiger partial charge in [0.1, 0.15) is 11.5 Å². The number of rotatable bonds is 6. The molecule has 8 heteroatoms. The molecule has 0 saturated heterocycles. The Hall–Kier alpha value is -3.13. The Kier molecular flexibility index (Phi) is 5.27. The molecule has 0 radical (unpaired) electrons. The Morgan fingerprint density at radius 1 is 0.889 bits per heavy atom. The molecule has 0 atom stereocenters. The second-order valence-electron chi connectivity index (χ2n) is 5.75. The van der Waals surface area contributed by atoms with Crippen LogP contribution in [-0.2, 0) is 10.0 Å². The fourth-order valence-corrected chi connectivity index (χ4v) is 3.46. The molecule has 3 aromatic rings. The van der Waals surface area contributed by atoms with Crippen LogP contribution in [-0.4, -0.2) is 32.6 Å². The van der Waals surface area contributed by atoms with Gasteiger partial charge in [-0.2, -0.15) is 8.42 Å². The van der Waals surface area contributed by atoms with Gasteiger partial charge in [0.25, 0.3) is 10.0 Å². The van der Waals surface area contributed by atoms with Crippen LogP contribution >= 0.6 is 0 Å². The maximum absolute atomic E-state index is 12.6. The van der Waals surface area contributed by atoms with Gasteiger partial charge in [0.15, 0.2) is 5.03 Å². The zero-order chi connectivity index (χ0) is 19.4. The molecule has 0 unspecified atom stereocenters. The molecule has 140 valence electrons. The maximum atomic E-state index is 12.6. The third kappa shape index (κ3) is 4.17. The van der Waals surface area contributed by atoms with E-state index in [0.29, 0.717) is 22.9 Å². The second-order valence-corrected chi connectivity index (χ2v) is 7.38. The number of benzene rings is 1. The van der Waals surface area contributed by atoms with Gasteiger partial charge in [-0.25, -0.2) is 4.98 Å². The second kappa shape index (κ2) is 7.63. The lowest BCUT2D eigenvalue weighted by molar-refractivity contribution is 0.412. The van der Waals surface area contributed by atoms with Gasteiger partial charge in [0.2, 0.25) is 0 Å². The normalized spacial score (nSPS) is 11.1. The molecule has 0 fully saturated rings. The Labute approximate surface area is 158 Å². The summed E-state index contributed by atoms with van der Waals surface area (Å²) in [5.41, 5.74) is 2.73. The first kappa shape index (κ1) is 18.7. The number of aromatic nitrogens is 2. The van der Waals surface area contributed by atoms with E-state index in [1.807, 2.05) is 25.1 Å². The summed E-state index contributed by atoms with van der Waals surface area (Å²) in [4.78, 5) is 8.28. The number of nitrogens with zero attached hydrogens (tertiary/aromatic N) is 2. The van der Waals surface area contributed by atoms with Crippen molar-refractivity contribution < 1.29 is 17.9 Å². The molecular formula is C19H19N3O4S. The van der Waals surface area contributed by atoms with Gasteiger partial charge in [-0.3, -0.25) is 9.71 Å². The van der Waals surface area contributed by atoms with Crippen LogP contribution in [0.1, 0.15) is 5.56 Å². The molecule has 2 aromatic heterocycles. The van der Waals surface area contributed by atoms with Crippen molar-refractivity contribution in [1.82, 2.24) is 9.97 Å². The fraction of sp³-hybridized carbons (Fsp3) is 0.158. The zero-order valence-corrected chi connectivity index (χ0v) is 15.9. The molecule has 0 aliphatic heterocycles. The summed E-state index contributed by atoms with van der Waals surface area (Å²) in [5.74, 6) is 1.13. The monoisotopic (exact) mass is 385 g/mol. The average molecular weight is 385 g/mol. The minimum absolute atomic E-state index is 0.0873. The molecule has 3 rings (SSSR count). The SMILES string of the molecule is COc1ccc(-c2ccc(C)c(NS(=O)(=O)c3ccc(OC)cn3)c2)nc1. The van der Waals surface area contributed by atoms with Gasteiger partial charge in [0.05, 0.1) is 38.0 Å². The van der Waals surface area contributed by atoms with Crippen LogP contribution in [0.3, 0.4) is 0 Å².